The summed E-state index contributed by atoms with van der Waals surface area (Å²) in [4.78, 5) is 10.7. The highest BCUT2D eigenvalue weighted by Crippen LogP contribution is 2.22. The number of carbonyl (C=O) groups is 1. The predicted molar refractivity (Wildman–Crippen MR) is 60.9 cm³/mol. The third-order valence-corrected chi connectivity index (χ3v) is 2.53. The molecule has 0 radical (unpaired) electrons. The molecule has 1 aliphatic carbocycles. The number of unbranched alkanes of at least 4 members (excludes halogenated alkanes) is 1. The Labute approximate surface area is 94.6 Å². The van der Waals surface area contributed by atoms with Gasteiger partial charge in [0.05, 0.1) is 11.2 Å². The Kier molecular flexibility index (Phi) is 4.09. The highest BCUT2D eigenvalue weighted by Gasteiger charge is 2.29. The molecule has 0 saturated carbocycles. The quantitative estimate of drug-likeness (QED) is 0.412. The molecule has 0 amide bonds. The van der Waals surface area contributed by atoms with E-state index in [2.05, 4.69) is 12.2 Å². The van der Waals surface area contributed by atoms with Crippen LogP contribution in [0.25, 0.3) is 0 Å². The summed E-state index contributed by atoms with van der Waals surface area (Å²) < 4.78 is 0. The van der Waals surface area contributed by atoms with E-state index in [4.69, 9.17) is 10.8 Å². The average molecular weight is 226 g/mol. The van der Waals surface area contributed by atoms with Crippen molar-refractivity contribution in [3.05, 3.63) is 23.5 Å². The van der Waals surface area contributed by atoms with Crippen LogP contribution in [-0.4, -0.2) is 28.4 Å². The summed E-state index contributed by atoms with van der Waals surface area (Å²) in [7, 11) is 0. The van der Waals surface area contributed by atoms with E-state index in [1.165, 1.54) is 6.08 Å². The smallest absolute Gasteiger partial charge is 0.339 e. The van der Waals surface area contributed by atoms with Crippen molar-refractivity contribution >= 4 is 5.97 Å². The molecule has 0 heterocycles. The Morgan fingerprint density at radius 3 is 2.88 bits per heavy atom. The lowest BCUT2D eigenvalue weighted by Gasteiger charge is -2.30. The van der Waals surface area contributed by atoms with E-state index < -0.39 is 11.6 Å². The van der Waals surface area contributed by atoms with E-state index in [0.717, 1.165) is 19.4 Å². The van der Waals surface area contributed by atoms with Crippen molar-refractivity contribution < 1.29 is 15.0 Å². The third-order valence-electron chi connectivity index (χ3n) is 2.53. The number of nitrogens with one attached hydrogen (secondary N) is 1. The van der Waals surface area contributed by atoms with Gasteiger partial charge in [0.15, 0.2) is 0 Å². The van der Waals surface area contributed by atoms with Crippen LogP contribution in [0.5, 0.6) is 0 Å². The standard InChI is InChI=1S/C11H18N2O3/c1-2-3-6-13-11(12)5-4-8(10(15)16)9(14)7-11/h4-5,13-14H,2-3,6-7,12H2,1H3,(H,15,16). The first-order chi connectivity index (χ1) is 7.48. The van der Waals surface area contributed by atoms with Gasteiger partial charge in [0.1, 0.15) is 5.76 Å². The molecule has 0 aromatic heterocycles. The van der Waals surface area contributed by atoms with Gasteiger partial charge in [-0.05, 0) is 25.1 Å². The zero-order valence-electron chi connectivity index (χ0n) is 9.36. The van der Waals surface area contributed by atoms with Crippen LogP contribution in [0.4, 0.5) is 0 Å². The van der Waals surface area contributed by atoms with E-state index >= 15 is 0 Å². The molecular weight excluding hydrogens is 208 g/mol. The SMILES string of the molecule is CCCCNC1(N)C=CC(C(=O)O)=C(O)C1. The molecule has 1 rings (SSSR count). The van der Waals surface area contributed by atoms with Gasteiger partial charge in [-0.2, -0.15) is 0 Å². The van der Waals surface area contributed by atoms with E-state index in [0.29, 0.717) is 0 Å². The lowest BCUT2D eigenvalue weighted by atomic mass is 9.95. The summed E-state index contributed by atoms with van der Waals surface area (Å²) in [5.74, 6) is -1.31. The minimum Gasteiger partial charge on any atom is -0.511 e. The Balaban J connectivity index is 2.64. The molecule has 0 aromatic carbocycles. The normalized spacial score (nSPS) is 24.9. The van der Waals surface area contributed by atoms with Crippen molar-refractivity contribution in [2.24, 2.45) is 5.73 Å². The maximum atomic E-state index is 10.7. The molecule has 16 heavy (non-hydrogen) atoms. The molecule has 0 fully saturated rings. The molecule has 5 N–H and O–H groups in total. The molecule has 1 atom stereocenters. The van der Waals surface area contributed by atoms with E-state index in [1.807, 2.05) is 0 Å². The number of rotatable bonds is 5. The molecule has 0 saturated heterocycles. The molecule has 0 spiro atoms. The number of aliphatic hydroxyl groups excluding tert-OH is 1. The van der Waals surface area contributed by atoms with Gasteiger partial charge in [0.25, 0.3) is 0 Å². The maximum Gasteiger partial charge on any atom is 0.339 e. The third kappa shape index (κ3) is 3.08. The maximum absolute atomic E-state index is 10.7. The van der Waals surface area contributed by atoms with Crippen molar-refractivity contribution in [1.82, 2.24) is 5.32 Å². The first kappa shape index (κ1) is 12.7. The number of aliphatic hydroxyl groups is 1. The van der Waals surface area contributed by atoms with E-state index in [9.17, 15) is 9.90 Å². The van der Waals surface area contributed by atoms with Crippen LogP contribution in [0.2, 0.25) is 0 Å². The summed E-state index contributed by atoms with van der Waals surface area (Å²) >= 11 is 0. The molecule has 5 heteroatoms. The first-order valence-electron chi connectivity index (χ1n) is 5.37. The molecule has 1 aliphatic rings. The Hall–Kier alpha value is -1.33. The molecule has 0 bridgehead atoms. The summed E-state index contributed by atoms with van der Waals surface area (Å²) in [6.07, 6.45) is 5.08. The molecule has 0 aliphatic heterocycles. The highest BCUT2D eigenvalue weighted by molar-refractivity contribution is 5.90. The van der Waals surface area contributed by atoms with Crippen molar-refractivity contribution in [1.29, 1.82) is 0 Å². The fraction of sp³-hybridized carbons (Fsp3) is 0.545. The Bertz CT molecular complexity index is 336. The minimum atomic E-state index is -1.13. The Morgan fingerprint density at radius 1 is 1.69 bits per heavy atom. The van der Waals surface area contributed by atoms with Crippen LogP contribution < -0.4 is 11.1 Å². The molecule has 90 valence electrons. The fourth-order valence-corrected chi connectivity index (χ4v) is 1.57. The van der Waals surface area contributed by atoms with Gasteiger partial charge in [-0.1, -0.05) is 13.3 Å². The molecular formula is C11H18N2O3. The van der Waals surface area contributed by atoms with Gasteiger partial charge in [-0.15, -0.1) is 0 Å². The molecule has 5 nitrogen and oxygen atoms in total. The van der Waals surface area contributed by atoms with E-state index in [1.54, 1.807) is 6.08 Å². The zero-order valence-corrected chi connectivity index (χ0v) is 9.36. The highest BCUT2D eigenvalue weighted by atomic mass is 16.4. The van der Waals surface area contributed by atoms with Crippen molar-refractivity contribution in [3.8, 4) is 0 Å². The van der Waals surface area contributed by atoms with Crippen LogP contribution in [0.15, 0.2) is 23.5 Å². The number of carboxylic acid groups (broad SMARTS) is 1. The summed E-state index contributed by atoms with van der Waals surface area (Å²) in [5, 5.41) is 21.4. The number of aliphatic carboxylic acids is 1. The second-order valence-electron chi connectivity index (χ2n) is 4.00. The van der Waals surface area contributed by atoms with E-state index in [-0.39, 0.29) is 17.8 Å². The number of carboxylic acids is 1. The fourth-order valence-electron chi connectivity index (χ4n) is 1.57. The van der Waals surface area contributed by atoms with Gasteiger partial charge < -0.3 is 15.9 Å². The zero-order chi connectivity index (χ0) is 12.2. The number of hydrogen-bond acceptors (Lipinski definition) is 4. The van der Waals surface area contributed by atoms with Crippen LogP contribution in [-0.2, 0) is 4.79 Å². The van der Waals surface area contributed by atoms with Gasteiger partial charge in [-0.3, -0.25) is 5.32 Å². The predicted octanol–water partition coefficient (Wildman–Crippen LogP) is 0.888. The average Bonchev–Trinajstić information content (AvgIpc) is 2.17. The molecule has 0 aromatic rings. The number of hydrogen-bond donors (Lipinski definition) is 4. The molecule has 1 unspecified atom stereocenters. The van der Waals surface area contributed by atoms with Crippen LogP contribution in [0.1, 0.15) is 26.2 Å². The second kappa shape index (κ2) is 5.14. The van der Waals surface area contributed by atoms with Gasteiger partial charge in [0, 0.05) is 6.42 Å². The summed E-state index contributed by atoms with van der Waals surface area (Å²) in [6, 6.07) is 0. The minimum absolute atomic E-state index is 0.0848. The van der Waals surface area contributed by atoms with Crippen LogP contribution in [0.3, 0.4) is 0 Å². The van der Waals surface area contributed by atoms with Crippen molar-refractivity contribution in [2.75, 3.05) is 6.54 Å². The lowest BCUT2D eigenvalue weighted by Crippen LogP contribution is -2.53. The van der Waals surface area contributed by atoms with Gasteiger partial charge in [-0.25, -0.2) is 4.79 Å². The van der Waals surface area contributed by atoms with Crippen LogP contribution >= 0.6 is 0 Å². The summed E-state index contributed by atoms with van der Waals surface area (Å²) in [5.41, 5.74) is 5.05. The number of nitrogens with two attached hydrogens (primary N) is 1. The lowest BCUT2D eigenvalue weighted by molar-refractivity contribution is -0.132. The monoisotopic (exact) mass is 226 g/mol. The van der Waals surface area contributed by atoms with Gasteiger partial charge in [0.2, 0.25) is 0 Å². The largest absolute Gasteiger partial charge is 0.511 e. The second-order valence-corrected chi connectivity index (χ2v) is 4.00. The Morgan fingerprint density at radius 2 is 2.38 bits per heavy atom. The van der Waals surface area contributed by atoms with Crippen molar-refractivity contribution in [2.45, 2.75) is 31.8 Å². The van der Waals surface area contributed by atoms with Crippen molar-refractivity contribution in [3.63, 3.8) is 0 Å². The summed E-state index contributed by atoms with van der Waals surface area (Å²) in [6.45, 7) is 2.81. The topological polar surface area (TPSA) is 95.6 Å². The van der Waals surface area contributed by atoms with Crippen LogP contribution in [0, 0.1) is 0 Å². The van der Waals surface area contributed by atoms with Gasteiger partial charge >= 0.3 is 5.97 Å². The first-order valence-corrected chi connectivity index (χ1v) is 5.37.